The first-order chi connectivity index (χ1) is 9.06. The number of ether oxygens (including phenoxy) is 1. The van der Waals surface area contributed by atoms with Gasteiger partial charge in [0.25, 0.3) is 0 Å². The predicted molar refractivity (Wildman–Crippen MR) is 79.9 cm³/mol. The second kappa shape index (κ2) is 6.66. The van der Waals surface area contributed by atoms with E-state index in [4.69, 9.17) is 4.74 Å². The first kappa shape index (κ1) is 15.6. The third kappa shape index (κ3) is 3.79. The van der Waals surface area contributed by atoms with Crippen LogP contribution in [0.15, 0.2) is 48.5 Å². The summed E-state index contributed by atoms with van der Waals surface area (Å²) in [5.74, 6) is 0.243. The minimum atomic E-state index is -0.335. The number of carbonyl (C=O) groups excluding carboxylic acids is 2. The standard InChI is InChI=1S/C16H14O3.CH4/c1-11(17)13-3-5-14(6-4-13)15-7-9-16(10-8-15)19-12(2)18;/h3-10H,1-2H3;1H4. The molecule has 0 aliphatic rings. The minimum absolute atomic E-state index is 0. The van der Waals surface area contributed by atoms with E-state index in [0.717, 1.165) is 11.1 Å². The summed E-state index contributed by atoms with van der Waals surface area (Å²) in [6, 6.07) is 14.7. The summed E-state index contributed by atoms with van der Waals surface area (Å²) < 4.78 is 4.97. The molecule has 3 nitrogen and oxygen atoms in total. The Labute approximate surface area is 119 Å². The Morgan fingerprint density at radius 1 is 0.800 bits per heavy atom. The van der Waals surface area contributed by atoms with E-state index in [1.165, 1.54) is 6.92 Å². The van der Waals surface area contributed by atoms with Crippen LogP contribution < -0.4 is 4.74 Å². The SMILES string of the molecule is C.CC(=O)Oc1ccc(-c2ccc(C(C)=O)cc2)cc1. The molecule has 0 fully saturated rings. The maximum Gasteiger partial charge on any atom is 0.308 e. The van der Waals surface area contributed by atoms with Gasteiger partial charge in [-0.1, -0.05) is 43.8 Å². The van der Waals surface area contributed by atoms with Crippen LogP contribution in [0.2, 0.25) is 0 Å². The summed E-state index contributed by atoms with van der Waals surface area (Å²) in [5, 5.41) is 0. The summed E-state index contributed by atoms with van der Waals surface area (Å²) in [6.07, 6.45) is 0. The molecule has 20 heavy (non-hydrogen) atoms. The Morgan fingerprint density at radius 3 is 1.65 bits per heavy atom. The van der Waals surface area contributed by atoms with E-state index in [0.29, 0.717) is 11.3 Å². The van der Waals surface area contributed by atoms with Crippen molar-refractivity contribution in [3.05, 3.63) is 54.1 Å². The average molecular weight is 270 g/mol. The molecule has 0 amide bonds. The highest BCUT2D eigenvalue weighted by Crippen LogP contribution is 2.23. The molecular formula is C17H18O3. The summed E-state index contributed by atoms with van der Waals surface area (Å²) in [6.45, 7) is 2.91. The quantitative estimate of drug-likeness (QED) is 0.478. The fourth-order valence-corrected chi connectivity index (χ4v) is 1.78. The highest BCUT2D eigenvalue weighted by Gasteiger charge is 2.02. The number of hydrogen-bond acceptors (Lipinski definition) is 3. The van der Waals surface area contributed by atoms with Crippen LogP contribution in [0.4, 0.5) is 0 Å². The predicted octanol–water partition coefficient (Wildman–Crippen LogP) is 4.12. The maximum absolute atomic E-state index is 11.2. The lowest BCUT2D eigenvalue weighted by Crippen LogP contribution is -2.00. The van der Waals surface area contributed by atoms with Crippen LogP contribution in [0, 0.1) is 0 Å². The molecule has 0 saturated carbocycles. The fourth-order valence-electron chi connectivity index (χ4n) is 1.78. The molecule has 0 unspecified atom stereocenters. The number of ketones is 1. The third-order valence-electron chi connectivity index (χ3n) is 2.74. The number of Topliss-reactive ketones (excluding diaryl/α,β-unsaturated/α-hetero) is 1. The van der Waals surface area contributed by atoms with E-state index in [1.807, 2.05) is 24.3 Å². The van der Waals surface area contributed by atoms with Gasteiger partial charge in [0.05, 0.1) is 0 Å². The second-order valence-corrected chi connectivity index (χ2v) is 4.25. The molecule has 3 heteroatoms. The molecule has 0 spiro atoms. The number of hydrogen-bond donors (Lipinski definition) is 0. The molecule has 2 rings (SSSR count). The molecule has 2 aromatic rings. The highest BCUT2D eigenvalue weighted by atomic mass is 16.5. The summed E-state index contributed by atoms with van der Waals surface area (Å²) in [4.78, 5) is 22.0. The van der Waals surface area contributed by atoms with Gasteiger partial charge in [0.15, 0.2) is 5.78 Å². The lowest BCUT2D eigenvalue weighted by Gasteiger charge is -2.05. The van der Waals surface area contributed by atoms with Gasteiger partial charge in [0.1, 0.15) is 5.75 Å². The lowest BCUT2D eigenvalue weighted by molar-refractivity contribution is -0.131. The van der Waals surface area contributed by atoms with Crippen molar-refractivity contribution in [3.63, 3.8) is 0 Å². The topological polar surface area (TPSA) is 43.4 Å². The van der Waals surface area contributed by atoms with Gasteiger partial charge in [-0.2, -0.15) is 0 Å². The zero-order chi connectivity index (χ0) is 13.8. The van der Waals surface area contributed by atoms with Crippen molar-refractivity contribution in [2.24, 2.45) is 0 Å². The molecule has 104 valence electrons. The van der Waals surface area contributed by atoms with Gasteiger partial charge in [-0.25, -0.2) is 0 Å². The molecule has 2 aromatic carbocycles. The molecule has 0 heterocycles. The molecule has 0 saturated heterocycles. The molecule has 0 aliphatic heterocycles. The Kier molecular flexibility index (Phi) is 5.21. The highest BCUT2D eigenvalue weighted by molar-refractivity contribution is 5.94. The van der Waals surface area contributed by atoms with Crippen molar-refractivity contribution in [2.45, 2.75) is 21.3 Å². The van der Waals surface area contributed by atoms with Crippen molar-refractivity contribution in [1.82, 2.24) is 0 Å². The van der Waals surface area contributed by atoms with Gasteiger partial charge >= 0.3 is 5.97 Å². The molecule has 0 radical (unpaired) electrons. The second-order valence-electron chi connectivity index (χ2n) is 4.25. The van der Waals surface area contributed by atoms with Gasteiger partial charge in [-0.15, -0.1) is 0 Å². The first-order valence-corrected chi connectivity index (χ1v) is 5.96. The Morgan fingerprint density at radius 2 is 1.25 bits per heavy atom. The van der Waals surface area contributed by atoms with Gasteiger partial charge in [-0.05, 0) is 30.2 Å². The van der Waals surface area contributed by atoms with Crippen molar-refractivity contribution >= 4 is 11.8 Å². The lowest BCUT2D eigenvalue weighted by atomic mass is 10.0. The molecular weight excluding hydrogens is 252 g/mol. The van der Waals surface area contributed by atoms with Crippen LogP contribution in [0.3, 0.4) is 0 Å². The summed E-state index contributed by atoms with van der Waals surface area (Å²) in [7, 11) is 0. The smallest absolute Gasteiger partial charge is 0.308 e. The number of carbonyl (C=O) groups is 2. The van der Waals surface area contributed by atoms with E-state index in [9.17, 15) is 9.59 Å². The minimum Gasteiger partial charge on any atom is -0.427 e. The van der Waals surface area contributed by atoms with Crippen molar-refractivity contribution < 1.29 is 14.3 Å². The van der Waals surface area contributed by atoms with E-state index >= 15 is 0 Å². The Hall–Kier alpha value is -2.42. The first-order valence-electron chi connectivity index (χ1n) is 5.96. The Balaban J connectivity index is 0.00000200. The molecule has 0 N–H and O–H groups in total. The molecule has 0 aromatic heterocycles. The van der Waals surface area contributed by atoms with Crippen molar-refractivity contribution in [2.75, 3.05) is 0 Å². The van der Waals surface area contributed by atoms with Crippen LogP contribution in [0.5, 0.6) is 5.75 Å². The monoisotopic (exact) mass is 270 g/mol. The zero-order valence-electron chi connectivity index (χ0n) is 10.8. The fraction of sp³-hybridized carbons (Fsp3) is 0.176. The van der Waals surface area contributed by atoms with Gasteiger partial charge in [0.2, 0.25) is 0 Å². The van der Waals surface area contributed by atoms with E-state index < -0.39 is 0 Å². The van der Waals surface area contributed by atoms with Crippen LogP contribution in [-0.2, 0) is 4.79 Å². The summed E-state index contributed by atoms with van der Waals surface area (Å²) >= 11 is 0. The van der Waals surface area contributed by atoms with Gasteiger partial charge in [0, 0.05) is 12.5 Å². The number of esters is 1. The average Bonchev–Trinajstić information content (AvgIpc) is 2.39. The Bertz CT molecular complexity index is 595. The van der Waals surface area contributed by atoms with Crippen molar-refractivity contribution in [1.29, 1.82) is 0 Å². The van der Waals surface area contributed by atoms with E-state index in [-0.39, 0.29) is 19.2 Å². The van der Waals surface area contributed by atoms with E-state index in [1.54, 1.807) is 31.2 Å². The van der Waals surface area contributed by atoms with Crippen LogP contribution in [0.25, 0.3) is 11.1 Å². The normalized spacial score (nSPS) is 9.50. The van der Waals surface area contributed by atoms with E-state index in [2.05, 4.69) is 0 Å². The third-order valence-corrected chi connectivity index (χ3v) is 2.74. The number of rotatable bonds is 3. The van der Waals surface area contributed by atoms with Crippen LogP contribution >= 0.6 is 0 Å². The molecule has 0 aliphatic carbocycles. The van der Waals surface area contributed by atoms with Gasteiger partial charge in [-0.3, -0.25) is 9.59 Å². The molecule has 0 atom stereocenters. The largest absolute Gasteiger partial charge is 0.427 e. The van der Waals surface area contributed by atoms with Crippen LogP contribution in [0.1, 0.15) is 31.6 Å². The van der Waals surface area contributed by atoms with Crippen LogP contribution in [-0.4, -0.2) is 11.8 Å². The maximum atomic E-state index is 11.2. The molecule has 0 bridgehead atoms. The summed E-state index contributed by atoms with van der Waals surface area (Å²) in [5.41, 5.74) is 2.71. The zero-order valence-corrected chi connectivity index (χ0v) is 10.8. The number of benzene rings is 2. The van der Waals surface area contributed by atoms with Crippen molar-refractivity contribution in [3.8, 4) is 16.9 Å². The van der Waals surface area contributed by atoms with Gasteiger partial charge < -0.3 is 4.74 Å².